The Morgan fingerprint density at radius 1 is 1.28 bits per heavy atom. The van der Waals surface area contributed by atoms with Crippen LogP contribution in [0.1, 0.15) is 18.6 Å². The molecule has 3 aromatic rings. The summed E-state index contributed by atoms with van der Waals surface area (Å²) in [5.41, 5.74) is 1.59. The van der Waals surface area contributed by atoms with E-state index in [1.54, 1.807) is 20.0 Å². The molecule has 1 N–H and O–H groups in total. The molecule has 1 aliphatic rings. The van der Waals surface area contributed by atoms with Gasteiger partial charge in [0.2, 0.25) is 11.8 Å². The van der Waals surface area contributed by atoms with Crippen LogP contribution in [-0.4, -0.2) is 53.5 Å². The summed E-state index contributed by atoms with van der Waals surface area (Å²) in [7, 11) is 1.64. The zero-order valence-electron chi connectivity index (χ0n) is 16.4. The van der Waals surface area contributed by atoms with Gasteiger partial charge in [-0.3, -0.25) is 9.59 Å². The lowest BCUT2D eigenvalue weighted by atomic mass is 9.95. The maximum Gasteiger partial charge on any atom is 0.298 e. The predicted octanol–water partition coefficient (Wildman–Crippen LogP) is 2.44. The van der Waals surface area contributed by atoms with Gasteiger partial charge in [0.05, 0.1) is 6.54 Å². The number of hydrogen-bond donors (Lipinski definition) is 1. The molecule has 152 valence electrons. The molecule has 1 aliphatic heterocycles. The monoisotopic (exact) mass is 397 g/mol. The van der Waals surface area contributed by atoms with Crippen LogP contribution in [0, 0.1) is 12.8 Å². The number of rotatable bonds is 5. The summed E-state index contributed by atoms with van der Waals surface area (Å²) in [5.74, 6) is 0.491. The largest absolute Gasteiger partial charge is 0.423 e. The summed E-state index contributed by atoms with van der Waals surface area (Å²) in [4.78, 5) is 32.9. The minimum atomic E-state index is -0.307. The van der Waals surface area contributed by atoms with Crippen molar-refractivity contribution in [1.82, 2.24) is 15.0 Å². The number of piperidine rings is 1. The minimum absolute atomic E-state index is 0.0317. The molecular formula is C20H23N5O4. The van der Waals surface area contributed by atoms with E-state index in [-0.39, 0.29) is 24.3 Å². The third kappa shape index (κ3) is 4.23. The van der Waals surface area contributed by atoms with Crippen molar-refractivity contribution in [2.45, 2.75) is 19.8 Å². The summed E-state index contributed by atoms with van der Waals surface area (Å²) in [6, 6.07) is 9.86. The van der Waals surface area contributed by atoms with E-state index in [4.69, 9.17) is 8.94 Å². The lowest BCUT2D eigenvalue weighted by Crippen LogP contribution is -2.43. The molecule has 0 unspecified atom stereocenters. The number of oxazole rings is 1. The average molecular weight is 397 g/mol. The maximum atomic E-state index is 12.7. The lowest BCUT2D eigenvalue weighted by molar-refractivity contribution is -0.137. The Hall–Kier alpha value is -3.36. The number of para-hydroxylation sites is 2. The van der Waals surface area contributed by atoms with Gasteiger partial charge >= 0.3 is 0 Å². The number of benzene rings is 1. The van der Waals surface area contributed by atoms with Crippen LogP contribution in [0.4, 0.5) is 11.8 Å². The van der Waals surface area contributed by atoms with Crippen molar-refractivity contribution in [2.24, 2.45) is 5.92 Å². The van der Waals surface area contributed by atoms with Gasteiger partial charge in [0, 0.05) is 32.1 Å². The molecule has 3 heterocycles. The molecule has 1 saturated heterocycles. The van der Waals surface area contributed by atoms with Crippen molar-refractivity contribution in [3.63, 3.8) is 0 Å². The van der Waals surface area contributed by atoms with E-state index >= 15 is 0 Å². The SMILES string of the molecule is Cc1cc(NC(=O)CN(C)C(=O)C2CCN(c3nc4ccccc4o3)CC2)no1. The fourth-order valence-corrected chi connectivity index (χ4v) is 3.53. The first-order chi connectivity index (χ1) is 14.0. The Morgan fingerprint density at radius 2 is 2.03 bits per heavy atom. The molecule has 29 heavy (non-hydrogen) atoms. The van der Waals surface area contributed by atoms with Gasteiger partial charge in [-0.05, 0) is 31.9 Å². The van der Waals surface area contributed by atoms with Crippen molar-refractivity contribution in [2.75, 3.05) is 36.9 Å². The average Bonchev–Trinajstić information content (AvgIpc) is 3.33. The zero-order chi connectivity index (χ0) is 20.4. The van der Waals surface area contributed by atoms with E-state index in [9.17, 15) is 9.59 Å². The highest BCUT2D eigenvalue weighted by Gasteiger charge is 2.29. The van der Waals surface area contributed by atoms with Gasteiger partial charge < -0.3 is 24.1 Å². The summed E-state index contributed by atoms with van der Waals surface area (Å²) in [5, 5.41) is 6.35. The zero-order valence-corrected chi connectivity index (χ0v) is 16.4. The number of carbonyl (C=O) groups is 2. The van der Waals surface area contributed by atoms with Gasteiger partial charge in [0.1, 0.15) is 11.3 Å². The standard InChI is InChI=1S/C20H23N5O4/c1-13-11-17(23-29-13)22-18(26)12-24(2)19(27)14-7-9-25(10-8-14)20-21-15-5-3-4-6-16(15)28-20/h3-6,11,14H,7-10,12H2,1-2H3,(H,22,23,26). The van der Waals surface area contributed by atoms with Crippen LogP contribution in [0.15, 0.2) is 39.3 Å². The number of aromatic nitrogens is 2. The maximum absolute atomic E-state index is 12.7. The molecular weight excluding hydrogens is 374 g/mol. The highest BCUT2D eigenvalue weighted by Crippen LogP contribution is 2.27. The molecule has 0 aliphatic carbocycles. The third-order valence-corrected chi connectivity index (χ3v) is 5.05. The van der Waals surface area contributed by atoms with E-state index in [2.05, 4.69) is 20.4 Å². The Kier molecular flexibility index (Phi) is 5.20. The molecule has 9 heteroatoms. The molecule has 0 atom stereocenters. The number of fused-ring (bicyclic) bond motifs is 1. The molecule has 2 aromatic heterocycles. The van der Waals surface area contributed by atoms with Crippen LogP contribution in [0.2, 0.25) is 0 Å². The van der Waals surface area contributed by atoms with Gasteiger partial charge in [-0.1, -0.05) is 17.3 Å². The van der Waals surface area contributed by atoms with E-state index in [1.165, 1.54) is 4.90 Å². The second kappa shape index (κ2) is 7.94. The highest BCUT2D eigenvalue weighted by atomic mass is 16.5. The fourth-order valence-electron chi connectivity index (χ4n) is 3.53. The van der Waals surface area contributed by atoms with Crippen LogP contribution in [0.3, 0.4) is 0 Å². The van der Waals surface area contributed by atoms with Crippen molar-refractivity contribution in [3.8, 4) is 0 Å². The molecule has 9 nitrogen and oxygen atoms in total. The number of nitrogens with one attached hydrogen (secondary N) is 1. The van der Waals surface area contributed by atoms with E-state index in [0.29, 0.717) is 43.5 Å². The van der Waals surface area contributed by atoms with Crippen LogP contribution < -0.4 is 10.2 Å². The number of amides is 2. The van der Waals surface area contributed by atoms with Gasteiger partial charge in [0.15, 0.2) is 11.4 Å². The van der Waals surface area contributed by atoms with Crippen LogP contribution in [0.25, 0.3) is 11.1 Å². The first-order valence-corrected chi connectivity index (χ1v) is 9.58. The van der Waals surface area contributed by atoms with Crippen molar-refractivity contribution in [3.05, 3.63) is 36.1 Å². The number of nitrogens with zero attached hydrogens (tertiary/aromatic N) is 4. The number of anilines is 2. The lowest BCUT2D eigenvalue weighted by Gasteiger charge is -2.32. The fraction of sp³-hybridized carbons (Fsp3) is 0.400. The number of carbonyl (C=O) groups excluding carboxylic acids is 2. The minimum Gasteiger partial charge on any atom is -0.423 e. The number of hydrogen-bond acceptors (Lipinski definition) is 7. The summed E-state index contributed by atoms with van der Waals surface area (Å²) in [6.45, 7) is 3.07. The molecule has 0 bridgehead atoms. The number of likely N-dealkylation sites (N-methyl/N-ethyl adjacent to an activating group) is 1. The quantitative estimate of drug-likeness (QED) is 0.705. The van der Waals surface area contributed by atoms with E-state index in [0.717, 1.165) is 11.1 Å². The molecule has 1 fully saturated rings. The second-order valence-corrected chi connectivity index (χ2v) is 7.29. The summed E-state index contributed by atoms with van der Waals surface area (Å²) >= 11 is 0. The van der Waals surface area contributed by atoms with Crippen molar-refractivity contribution in [1.29, 1.82) is 0 Å². The highest BCUT2D eigenvalue weighted by molar-refractivity contribution is 5.94. The summed E-state index contributed by atoms with van der Waals surface area (Å²) in [6.07, 6.45) is 1.37. The van der Waals surface area contributed by atoms with Crippen LogP contribution in [0.5, 0.6) is 0 Å². The van der Waals surface area contributed by atoms with E-state index in [1.807, 2.05) is 24.3 Å². The second-order valence-electron chi connectivity index (χ2n) is 7.29. The Bertz CT molecular complexity index is 986. The smallest absolute Gasteiger partial charge is 0.298 e. The first kappa shape index (κ1) is 19.0. The predicted molar refractivity (Wildman–Crippen MR) is 106 cm³/mol. The summed E-state index contributed by atoms with van der Waals surface area (Å²) < 4.78 is 10.7. The Balaban J connectivity index is 1.29. The topological polar surface area (TPSA) is 105 Å². The normalized spacial score (nSPS) is 14.9. The van der Waals surface area contributed by atoms with Gasteiger partial charge in [0.25, 0.3) is 6.01 Å². The van der Waals surface area contributed by atoms with Gasteiger partial charge in [-0.15, -0.1) is 0 Å². The molecule has 1 aromatic carbocycles. The molecule has 0 saturated carbocycles. The molecule has 2 amide bonds. The third-order valence-electron chi connectivity index (χ3n) is 5.05. The van der Waals surface area contributed by atoms with Crippen molar-refractivity contribution >= 4 is 34.7 Å². The Morgan fingerprint density at radius 3 is 2.72 bits per heavy atom. The molecule has 4 rings (SSSR count). The first-order valence-electron chi connectivity index (χ1n) is 9.58. The van der Waals surface area contributed by atoms with Crippen LogP contribution in [-0.2, 0) is 9.59 Å². The van der Waals surface area contributed by atoms with Gasteiger partial charge in [-0.2, -0.15) is 4.98 Å². The molecule has 0 spiro atoms. The Labute approximate surface area is 167 Å². The van der Waals surface area contributed by atoms with Gasteiger partial charge in [-0.25, -0.2) is 0 Å². The molecule has 0 radical (unpaired) electrons. The van der Waals surface area contributed by atoms with Crippen molar-refractivity contribution < 1.29 is 18.5 Å². The van der Waals surface area contributed by atoms with E-state index < -0.39 is 0 Å². The number of aryl methyl sites for hydroxylation is 1. The van der Waals surface area contributed by atoms with Crippen LogP contribution >= 0.6 is 0 Å².